The first-order chi connectivity index (χ1) is 14.4. The van der Waals surface area contributed by atoms with Crippen molar-refractivity contribution >= 4 is 39.4 Å². The van der Waals surface area contributed by atoms with Crippen LogP contribution in [-0.4, -0.2) is 5.91 Å². The molecule has 6 nitrogen and oxygen atoms in total. The largest absolute Gasteiger partial charge is 0.423 e. The third-order valence-electron chi connectivity index (χ3n) is 5.42. The monoisotopic (exact) mass is 415 g/mol. The Morgan fingerprint density at radius 2 is 1.93 bits per heavy atom. The Balaban J connectivity index is 1.81. The highest BCUT2D eigenvalue weighted by Gasteiger charge is 2.44. The van der Waals surface area contributed by atoms with E-state index in [9.17, 15) is 20.1 Å². The molecule has 0 bridgehead atoms. The molecule has 0 aliphatic carbocycles. The zero-order valence-electron chi connectivity index (χ0n) is 16.4. The van der Waals surface area contributed by atoms with Gasteiger partial charge in [-0.3, -0.25) is 4.79 Å². The Labute approximate surface area is 176 Å². The van der Waals surface area contributed by atoms with Crippen molar-refractivity contribution in [2.75, 3.05) is 0 Å². The first kappa shape index (κ1) is 19.8. The van der Waals surface area contributed by atoms with Gasteiger partial charge in [0.15, 0.2) is 0 Å². The second-order valence-corrected chi connectivity index (χ2v) is 8.61. The molecule has 0 fully saturated rings. The van der Waals surface area contributed by atoms with E-state index in [0.29, 0.717) is 21.9 Å². The molecule has 148 valence electrons. The standard InChI is InChI=1S/C23H17N3O3S/c1-23(2)16(10-24)21(28)26-22(17(23)11-25)30-12-14-9-19(27)29-18-8-7-13-5-3-4-6-15(13)20(14)18/h3-9,16H,12H2,1-2H3,(H,26,28)/t16-/m0/s1. The van der Waals surface area contributed by atoms with Gasteiger partial charge in [-0.25, -0.2) is 4.79 Å². The molecule has 7 heteroatoms. The van der Waals surface area contributed by atoms with E-state index in [4.69, 9.17) is 4.42 Å². The van der Waals surface area contributed by atoms with Crippen molar-refractivity contribution in [2.24, 2.45) is 11.3 Å². The summed E-state index contributed by atoms with van der Waals surface area (Å²) < 4.78 is 5.39. The number of carbonyl (C=O) groups excluding carboxylic acids is 1. The van der Waals surface area contributed by atoms with Crippen molar-refractivity contribution in [3.63, 3.8) is 0 Å². The Morgan fingerprint density at radius 3 is 2.67 bits per heavy atom. The van der Waals surface area contributed by atoms with Crippen LogP contribution in [0.4, 0.5) is 0 Å². The minimum atomic E-state index is -0.940. The Hall–Kier alpha value is -3.55. The fourth-order valence-corrected chi connectivity index (χ4v) is 4.97. The van der Waals surface area contributed by atoms with E-state index in [1.165, 1.54) is 17.8 Å². The molecular weight excluding hydrogens is 398 g/mol. The van der Waals surface area contributed by atoms with Crippen molar-refractivity contribution in [1.29, 1.82) is 10.5 Å². The molecule has 0 saturated carbocycles. The van der Waals surface area contributed by atoms with Crippen molar-refractivity contribution < 1.29 is 9.21 Å². The van der Waals surface area contributed by atoms with E-state index in [1.807, 2.05) is 36.4 Å². The normalized spacial score (nSPS) is 18.1. The minimum Gasteiger partial charge on any atom is -0.423 e. The van der Waals surface area contributed by atoms with Crippen LogP contribution in [0.25, 0.3) is 21.7 Å². The zero-order valence-corrected chi connectivity index (χ0v) is 17.2. The first-order valence-electron chi connectivity index (χ1n) is 9.29. The smallest absolute Gasteiger partial charge is 0.336 e. The molecule has 3 aromatic rings. The van der Waals surface area contributed by atoms with Crippen molar-refractivity contribution in [3.8, 4) is 12.1 Å². The lowest BCUT2D eigenvalue weighted by atomic mass is 9.72. The van der Waals surface area contributed by atoms with Gasteiger partial charge in [-0.05, 0) is 22.4 Å². The van der Waals surface area contributed by atoms with E-state index in [0.717, 1.165) is 21.7 Å². The number of nitrogens with one attached hydrogen (secondary N) is 1. The molecule has 0 radical (unpaired) electrons. The number of carbonyl (C=O) groups is 1. The lowest BCUT2D eigenvalue weighted by Gasteiger charge is -2.34. The van der Waals surface area contributed by atoms with Gasteiger partial charge in [0.25, 0.3) is 0 Å². The van der Waals surface area contributed by atoms with Crippen LogP contribution in [0.15, 0.2) is 62.3 Å². The molecule has 2 heterocycles. The number of benzene rings is 2. The summed E-state index contributed by atoms with van der Waals surface area (Å²) in [6.07, 6.45) is 0. The highest BCUT2D eigenvalue weighted by Crippen LogP contribution is 2.42. The first-order valence-corrected chi connectivity index (χ1v) is 10.3. The Morgan fingerprint density at radius 1 is 1.17 bits per heavy atom. The van der Waals surface area contributed by atoms with Gasteiger partial charge in [0.1, 0.15) is 11.5 Å². The van der Waals surface area contributed by atoms with Gasteiger partial charge in [-0.15, -0.1) is 11.8 Å². The number of amides is 1. The minimum absolute atomic E-state index is 0.351. The maximum absolute atomic E-state index is 12.4. The summed E-state index contributed by atoms with van der Waals surface area (Å²) in [5, 5.41) is 25.0. The maximum Gasteiger partial charge on any atom is 0.336 e. The second-order valence-electron chi connectivity index (χ2n) is 7.63. The molecule has 30 heavy (non-hydrogen) atoms. The third kappa shape index (κ3) is 3.14. The number of thioether (sulfide) groups is 1. The molecule has 0 saturated heterocycles. The average Bonchev–Trinajstić information content (AvgIpc) is 2.71. The molecular formula is C23H17N3O3S. The molecule has 1 amide bonds. The molecule has 1 aliphatic heterocycles. The second kappa shape index (κ2) is 7.37. The molecule has 1 aromatic heterocycles. The van der Waals surface area contributed by atoms with E-state index in [2.05, 4.69) is 11.4 Å². The predicted octanol–water partition coefficient (Wildman–Crippen LogP) is 4.21. The van der Waals surface area contributed by atoms with E-state index < -0.39 is 22.9 Å². The molecule has 0 unspecified atom stereocenters. The van der Waals surface area contributed by atoms with Gasteiger partial charge in [-0.2, -0.15) is 10.5 Å². The van der Waals surface area contributed by atoms with Crippen molar-refractivity contribution in [2.45, 2.75) is 19.6 Å². The molecule has 1 N–H and O–H groups in total. The lowest BCUT2D eigenvalue weighted by molar-refractivity contribution is -0.125. The number of allylic oxidation sites excluding steroid dienone is 1. The number of rotatable bonds is 3. The fourth-order valence-electron chi connectivity index (χ4n) is 3.82. The number of nitrogens with zero attached hydrogens (tertiary/aromatic N) is 2. The van der Waals surface area contributed by atoms with Crippen LogP contribution in [0.1, 0.15) is 19.4 Å². The molecule has 2 aromatic carbocycles. The summed E-state index contributed by atoms with van der Waals surface area (Å²) in [5.74, 6) is -1.01. The van der Waals surface area contributed by atoms with E-state index in [-0.39, 0.29) is 0 Å². The maximum atomic E-state index is 12.4. The van der Waals surface area contributed by atoms with Gasteiger partial charge < -0.3 is 9.73 Å². The van der Waals surface area contributed by atoms with Crippen LogP contribution in [0.5, 0.6) is 0 Å². The average molecular weight is 415 g/mol. The topological polar surface area (TPSA) is 107 Å². The third-order valence-corrected chi connectivity index (χ3v) is 6.47. The number of fused-ring (bicyclic) bond motifs is 3. The molecule has 1 aliphatic rings. The summed E-state index contributed by atoms with van der Waals surface area (Å²) in [6.45, 7) is 3.44. The molecule has 0 spiro atoms. The van der Waals surface area contributed by atoms with Crippen molar-refractivity contribution in [1.82, 2.24) is 5.32 Å². The fraction of sp³-hybridized carbons (Fsp3) is 0.217. The number of hydrogen-bond donors (Lipinski definition) is 1. The van der Waals surface area contributed by atoms with E-state index in [1.54, 1.807) is 19.9 Å². The van der Waals surface area contributed by atoms with Crippen LogP contribution >= 0.6 is 11.8 Å². The summed E-state index contributed by atoms with van der Waals surface area (Å²) in [5.41, 5.74) is 0.237. The highest BCUT2D eigenvalue weighted by molar-refractivity contribution is 8.02. The van der Waals surface area contributed by atoms with Crippen LogP contribution in [0, 0.1) is 34.0 Å². The van der Waals surface area contributed by atoms with Crippen LogP contribution < -0.4 is 10.9 Å². The number of nitriles is 2. The van der Waals surface area contributed by atoms with Crippen molar-refractivity contribution in [3.05, 3.63) is 69.1 Å². The quantitative estimate of drug-likeness (QED) is 0.507. The Kier molecular flexibility index (Phi) is 4.85. The van der Waals surface area contributed by atoms with Crippen LogP contribution in [0.2, 0.25) is 0 Å². The van der Waals surface area contributed by atoms with Crippen LogP contribution in [-0.2, 0) is 10.5 Å². The zero-order chi connectivity index (χ0) is 21.5. The van der Waals surface area contributed by atoms with Gasteiger partial charge >= 0.3 is 5.63 Å². The molecule has 4 rings (SSSR count). The summed E-state index contributed by atoms with van der Waals surface area (Å²) in [6, 6.07) is 17.1. The van der Waals surface area contributed by atoms with Gasteiger partial charge in [-0.1, -0.05) is 44.2 Å². The Bertz CT molecular complexity index is 1370. The van der Waals surface area contributed by atoms with Gasteiger partial charge in [0, 0.05) is 22.6 Å². The summed E-state index contributed by atoms with van der Waals surface area (Å²) >= 11 is 1.27. The number of hydrogen-bond acceptors (Lipinski definition) is 6. The predicted molar refractivity (Wildman–Crippen MR) is 115 cm³/mol. The summed E-state index contributed by atoms with van der Waals surface area (Å²) in [7, 11) is 0. The van der Waals surface area contributed by atoms with Gasteiger partial charge in [0.2, 0.25) is 5.91 Å². The molecule has 1 atom stereocenters. The lowest BCUT2D eigenvalue weighted by Crippen LogP contribution is -2.44. The highest BCUT2D eigenvalue weighted by atomic mass is 32.2. The van der Waals surface area contributed by atoms with Crippen LogP contribution in [0.3, 0.4) is 0 Å². The van der Waals surface area contributed by atoms with Gasteiger partial charge in [0.05, 0.1) is 22.7 Å². The summed E-state index contributed by atoms with van der Waals surface area (Å²) in [4.78, 5) is 24.5. The SMILES string of the molecule is CC1(C)C(C#N)=C(SCc2cc(=O)oc3ccc4ccccc4c23)NC(=O)[C@@H]1C#N. The van der Waals surface area contributed by atoms with E-state index >= 15 is 0 Å².